The molecule has 0 spiro atoms. The number of aliphatic hydroxyl groups excluding tert-OH is 1. The Morgan fingerprint density at radius 3 is 2.28 bits per heavy atom. The number of phenolic OH excluding ortho intramolecular Hbond substituents is 1. The molecule has 5 nitrogen and oxygen atoms in total. The first-order valence-electron chi connectivity index (χ1n) is 9.62. The van der Waals surface area contributed by atoms with Gasteiger partial charge in [-0.3, -0.25) is 0 Å². The van der Waals surface area contributed by atoms with Gasteiger partial charge in [0, 0.05) is 18.0 Å². The molecule has 2 rings (SSSR count). The average Bonchev–Trinajstić information content (AvgIpc) is 2.67. The van der Waals surface area contributed by atoms with Crippen LogP contribution in [0.5, 0.6) is 5.75 Å². The van der Waals surface area contributed by atoms with Crippen molar-refractivity contribution in [1.82, 2.24) is 15.1 Å². The van der Waals surface area contributed by atoms with E-state index in [1.807, 2.05) is 20.9 Å². The molecule has 0 aliphatic rings. The van der Waals surface area contributed by atoms with Crippen LogP contribution in [0.3, 0.4) is 0 Å². The lowest BCUT2D eigenvalue weighted by Crippen LogP contribution is -2.29. The molecule has 0 radical (unpaired) electrons. The standard InChI is InChI=1S/C21H28F3N3O2/c1-6-14(11-27(5)7-2)20(29)19-13(4)12(3)18(25-26-19)16-9-8-15(10-17(16)28)21(22,23)24/h8-10,14,20,28-29H,6-7,11H2,1-5H3. The number of hydrogen-bond donors (Lipinski definition) is 2. The number of aliphatic hydroxyl groups is 1. The van der Waals surface area contributed by atoms with Crippen molar-refractivity contribution in [3.05, 3.63) is 40.6 Å². The highest BCUT2D eigenvalue weighted by Gasteiger charge is 2.32. The average molecular weight is 411 g/mol. The second-order valence-electron chi connectivity index (χ2n) is 7.38. The molecular weight excluding hydrogens is 383 g/mol. The van der Waals surface area contributed by atoms with Crippen LogP contribution in [-0.4, -0.2) is 45.4 Å². The highest BCUT2D eigenvalue weighted by molar-refractivity contribution is 5.70. The Bertz CT molecular complexity index is 856. The minimum atomic E-state index is -4.54. The Morgan fingerprint density at radius 1 is 1.10 bits per heavy atom. The van der Waals surface area contributed by atoms with E-state index >= 15 is 0 Å². The fraction of sp³-hybridized carbons (Fsp3) is 0.524. The predicted molar refractivity (Wildman–Crippen MR) is 106 cm³/mol. The highest BCUT2D eigenvalue weighted by Crippen LogP contribution is 2.38. The van der Waals surface area contributed by atoms with Gasteiger partial charge < -0.3 is 15.1 Å². The monoisotopic (exact) mass is 411 g/mol. The first-order chi connectivity index (χ1) is 13.5. The molecule has 0 aliphatic carbocycles. The lowest BCUT2D eigenvalue weighted by Gasteiger charge is -2.27. The maximum Gasteiger partial charge on any atom is 0.416 e. The smallest absolute Gasteiger partial charge is 0.416 e. The molecule has 1 heterocycles. The molecule has 0 saturated heterocycles. The maximum absolute atomic E-state index is 12.8. The molecule has 0 bridgehead atoms. The predicted octanol–water partition coefficient (Wildman–Crippen LogP) is 4.50. The first-order valence-corrected chi connectivity index (χ1v) is 9.62. The van der Waals surface area contributed by atoms with Gasteiger partial charge in [0.25, 0.3) is 0 Å². The Hall–Kier alpha value is -2.19. The van der Waals surface area contributed by atoms with Gasteiger partial charge in [0.2, 0.25) is 0 Å². The van der Waals surface area contributed by atoms with Gasteiger partial charge in [-0.2, -0.15) is 18.3 Å². The molecule has 29 heavy (non-hydrogen) atoms. The van der Waals surface area contributed by atoms with Crippen molar-refractivity contribution >= 4 is 0 Å². The van der Waals surface area contributed by atoms with Crippen molar-refractivity contribution in [2.24, 2.45) is 5.92 Å². The van der Waals surface area contributed by atoms with Crippen molar-refractivity contribution in [3.8, 4) is 17.0 Å². The Kier molecular flexibility index (Phi) is 7.24. The second-order valence-corrected chi connectivity index (χ2v) is 7.38. The number of hydrogen-bond acceptors (Lipinski definition) is 5. The molecule has 2 aromatic rings. The maximum atomic E-state index is 12.8. The minimum Gasteiger partial charge on any atom is -0.507 e. The van der Waals surface area contributed by atoms with Crippen molar-refractivity contribution in [2.45, 2.75) is 46.4 Å². The van der Waals surface area contributed by atoms with E-state index in [9.17, 15) is 23.4 Å². The molecule has 2 N–H and O–H groups in total. The van der Waals surface area contributed by atoms with Crippen LogP contribution in [0.15, 0.2) is 18.2 Å². The van der Waals surface area contributed by atoms with Crippen LogP contribution >= 0.6 is 0 Å². The third-order valence-corrected chi connectivity index (χ3v) is 5.48. The summed E-state index contributed by atoms with van der Waals surface area (Å²) in [5, 5.41) is 29.3. The summed E-state index contributed by atoms with van der Waals surface area (Å²) in [5.41, 5.74) is 1.35. The van der Waals surface area contributed by atoms with Gasteiger partial charge in [-0.25, -0.2) is 0 Å². The van der Waals surface area contributed by atoms with E-state index in [4.69, 9.17) is 0 Å². The highest BCUT2D eigenvalue weighted by atomic mass is 19.4. The van der Waals surface area contributed by atoms with Crippen LogP contribution in [0.2, 0.25) is 0 Å². The van der Waals surface area contributed by atoms with Crippen LogP contribution in [0.25, 0.3) is 11.3 Å². The number of aromatic nitrogens is 2. The normalized spacial score (nSPS) is 14.3. The van der Waals surface area contributed by atoms with Gasteiger partial charge in [0.05, 0.1) is 17.0 Å². The molecular formula is C21H28F3N3O2. The second kappa shape index (κ2) is 9.09. The Morgan fingerprint density at radius 2 is 1.76 bits per heavy atom. The summed E-state index contributed by atoms with van der Waals surface area (Å²) < 4.78 is 38.5. The molecule has 8 heteroatoms. The van der Waals surface area contributed by atoms with Crippen LogP contribution in [0.1, 0.15) is 48.8 Å². The first kappa shape index (κ1) is 23.1. The van der Waals surface area contributed by atoms with E-state index in [2.05, 4.69) is 15.1 Å². The molecule has 160 valence electrons. The molecule has 0 aliphatic heterocycles. The van der Waals surface area contributed by atoms with E-state index < -0.39 is 23.6 Å². The fourth-order valence-corrected chi connectivity index (χ4v) is 3.27. The molecule has 1 aromatic heterocycles. The largest absolute Gasteiger partial charge is 0.507 e. The quantitative estimate of drug-likeness (QED) is 0.702. The van der Waals surface area contributed by atoms with Gasteiger partial charge >= 0.3 is 6.18 Å². The van der Waals surface area contributed by atoms with Gasteiger partial charge in [-0.05, 0) is 63.2 Å². The van der Waals surface area contributed by atoms with E-state index in [0.29, 0.717) is 35.1 Å². The molecule has 2 atom stereocenters. The zero-order valence-corrected chi connectivity index (χ0v) is 17.4. The number of nitrogens with zero attached hydrogens (tertiary/aromatic N) is 3. The Labute approximate surface area is 169 Å². The van der Waals surface area contributed by atoms with Gasteiger partial charge in [0.1, 0.15) is 11.9 Å². The number of halogens is 3. The van der Waals surface area contributed by atoms with Crippen LogP contribution < -0.4 is 0 Å². The third kappa shape index (κ3) is 5.05. The summed E-state index contributed by atoms with van der Waals surface area (Å²) in [6.45, 7) is 9.16. The summed E-state index contributed by atoms with van der Waals surface area (Å²) in [6.07, 6.45) is -4.59. The van der Waals surface area contributed by atoms with E-state index in [1.165, 1.54) is 6.07 Å². The Balaban J connectivity index is 2.41. The lowest BCUT2D eigenvalue weighted by atomic mass is 9.92. The third-order valence-electron chi connectivity index (χ3n) is 5.48. The van der Waals surface area contributed by atoms with Crippen molar-refractivity contribution < 1.29 is 23.4 Å². The summed E-state index contributed by atoms with van der Waals surface area (Å²) in [4.78, 5) is 2.11. The zero-order chi connectivity index (χ0) is 21.9. The number of phenols is 1. The summed E-state index contributed by atoms with van der Waals surface area (Å²) in [5.74, 6) is -0.543. The summed E-state index contributed by atoms with van der Waals surface area (Å²) >= 11 is 0. The van der Waals surface area contributed by atoms with Gasteiger partial charge in [-0.15, -0.1) is 5.10 Å². The van der Waals surface area contributed by atoms with Crippen LogP contribution in [0, 0.1) is 19.8 Å². The van der Waals surface area contributed by atoms with Crippen LogP contribution in [0.4, 0.5) is 13.2 Å². The zero-order valence-electron chi connectivity index (χ0n) is 17.4. The van der Waals surface area contributed by atoms with Gasteiger partial charge in [0.15, 0.2) is 0 Å². The van der Waals surface area contributed by atoms with E-state index in [-0.39, 0.29) is 11.5 Å². The molecule has 0 amide bonds. The van der Waals surface area contributed by atoms with Crippen LogP contribution in [-0.2, 0) is 6.18 Å². The number of benzene rings is 1. The topological polar surface area (TPSA) is 69.5 Å². The van der Waals surface area contributed by atoms with E-state index in [0.717, 1.165) is 19.0 Å². The van der Waals surface area contributed by atoms with Crippen molar-refractivity contribution in [1.29, 1.82) is 0 Å². The molecule has 0 fully saturated rings. The lowest BCUT2D eigenvalue weighted by molar-refractivity contribution is -0.137. The minimum absolute atomic E-state index is 0.0299. The number of alkyl halides is 3. The molecule has 1 aromatic carbocycles. The SMILES string of the molecule is CCC(CN(C)CC)C(O)c1nnc(-c2ccc(C(F)(F)F)cc2O)c(C)c1C. The van der Waals surface area contributed by atoms with Crippen molar-refractivity contribution in [3.63, 3.8) is 0 Å². The number of rotatable bonds is 7. The van der Waals surface area contributed by atoms with Gasteiger partial charge in [-0.1, -0.05) is 13.8 Å². The summed E-state index contributed by atoms with van der Waals surface area (Å²) in [6, 6.07) is 2.78. The summed E-state index contributed by atoms with van der Waals surface area (Å²) in [7, 11) is 1.98. The fourth-order valence-electron chi connectivity index (χ4n) is 3.27. The van der Waals surface area contributed by atoms with E-state index in [1.54, 1.807) is 13.8 Å². The molecule has 2 unspecified atom stereocenters. The molecule has 0 saturated carbocycles. The number of aromatic hydroxyl groups is 1. The van der Waals surface area contributed by atoms with Crippen molar-refractivity contribution in [2.75, 3.05) is 20.1 Å².